The van der Waals surface area contributed by atoms with E-state index in [9.17, 15) is 9.90 Å². The van der Waals surface area contributed by atoms with Crippen molar-refractivity contribution in [2.75, 3.05) is 0 Å². The van der Waals surface area contributed by atoms with Gasteiger partial charge in [-0.1, -0.05) is 29.6 Å². The van der Waals surface area contributed by atoms with Gasteiger partial charge in [-0.25, -0.2) is 9.78 Å². The first-order valence-electron chi connectivity index (χ1n) is 6.58. The molecule has 0 bridgehead atoms. The third kappa shape index (κ3) is 2.07. The van der Waals surface area contributed by atoms with Crippen LogP contribution in [0.1, 0.15) is 44.0 Å². The monoisotopic (exact) mass is 312 g/mol. The lowest BCUT2D eigenvalue weighted by Gasteiger charge is -2.26. The number of rotatable bonds is 3. The van der Waals surface area contributed by atoms with Gasteiger partial charge in [0.25, 0.3) is 0 Å². The summed E-state index contributed by atoms with van der Waals surface area (Å²) in [5.74, 6) is 0.289. The molecule has 1 aliphatic carbocycles. The molecule has 0 amide bonds. The highest BCUT2D eigenvalue weighted by Crippen LogP contribution is 2.39. The molecule has 1 heterocycles. The van der Waals surface area contributed by atoms with E-state index in [-0.39, 0.29) is 0 Å². The normalized spacial score (nSPS) is 17.1. The topological polar surface area (TPSA) is 55.1 Å². The van der Waals surface area contributed by atoms with Crippen molar-refractivity contribution in [1.29, 1.82) is 0 Å². The summed E-state index contributed by atoms with van der Waals surface area (Å²) in [6.07, 6.45) is 3.27. The highest BCUT2D eigenvalue weighted by atomic mass is 35.5. The molecule has 1 aromatic heterocycles. The molecule has 1 aromatic carbocycles. The van der Waals surface area contributed by atoms with Crippen molar-refractivity contribution in [3.63, 3.8) is 0 Å². The Bertz CT molecular complexity index is 692. The number of fused-ring (bicyclic) bond motifs is 1. The van der Waals surface area contributed by atoms with Gasteiger partial charge in [0.15, 0.2) is 0 Å². The van der Waals surface area contributed by atoms with Gasteiger partial charge in [-0.15, -0.1) is 0 Å². The number of carboxylic acids is 1. The third-order valence-corrected chi connectivity index (χ3v) is 4.70. The zero-order valence-electron chi connectivity index (χ0n) is 10.9. The summed E-state index contributed by atoms with van der Waals surface area (Å²) in [5, 5.41) is 10.2. The van der Waals surface area contributed by atoms with Crippen molar-refractivity contribution in [3.8, 4) is 0 Å². The summed E-state index contributed by atoms with van der Waals surface area (Å²) in [4.78, 5) is 16.0. The second-order valence-electron chi connectivity index (χ2n) is 5.24. The van der Waals surface area contributed by atoms with Gasteiger partial charge < -0.3 is 9.67 Å². The molecule has 0 radical (unpaired) electrons. The van der Waals surface area contributed by atoms with Crippen LogP contribution in [-0.2, 0) is 4.79 Å². The molecule has 0 spiro atoms. The number of hydrogen-bond acceptors (Lipinski definition) is 2. The minimum Gasteiger partial charge on any atom is -0.480 e. The van der Waals surface area contributed by atoms with Crippen molar-refractivity contribution in [2.45, 2.75) is 38.1 Å². The third-order valence-electron chi connectivity index (χ3n) is 3.97. The number of aromatic nitrogens is 2. The van der Waals surface area contributed by atoms with Crippen LogP contribution in [0.5, 0.6) is 0 Å². The number of aliphatic carboxylic acids is 1. The fourth-order valence-electron chi connectivity index (χ4n) is 2.58. The molecule has 106 valence electrons. The van der Waals surface area contributed by atoms with Gasteiger partial charge in [-0.3, -0.25) is 0 Å². The van der Waals surface area contributed by atoms with Gasteiger partial charge in [0.2, 0.25) is 0 Å². The molecule has 1 saturated carbocycles. The molecule has 0 aliphatic heterocycles. The van der Waals surface area contributed by atoms with Gasteiger partial charge in [0.1, 0.15) is 11.9 Å². The largest absolute Gasteiger partial charge is 0.480 e. The van der Waals surface area contributed by atoms with E-state index in [1.807, 2.05) is 0 Å². The van der Waals surface area contributed by atoms with Crippen molar-refractivity contribution in [2.24, 2.45) is 0 Å². The molecule has 6 heteroatoms. The van der Waals surface area contributed by atoms with Crippen LogP contribution in [-0.4, -0.2) is 20.6 Å². The van der Waals surface area contributed by atoms with Crippen LogP contribution in [0.2, 0.25) is 10.0 Å². The van der Waals surface area contributed by atoms with Crippen molar-refractivity contribution in [3.05, 3.63) is 28.0 Å². The first kappa shape index (κ1) is 13.7. The van der Waals surface area contributed by atoms with Gasteiger partial charge in [0.05, 0.1) is 21.1 Å². The Balaban J connectivity index is 2.25. The average molecular weight is 313 g/mol. The van der Waals surface area contributed by atoms with Crippen LogP contribution >= 0.6 is 23.2 Å². The summed E-state index contributed by atoms with van der Waals surface area (Å²) in [7, 11) is 0. The van der Waals surface area contributed by atoms with E-state index in [0.29, 0.717) is 21.5 Å². The Hall–Kier alpha value is -1.26. The Morgan fingerprint density at radius 1 is 1.40 bits per heavy atom. The average Bonchev–Trinajstić information content (AvgIpc) is 2.64. The predicted molar refractivity (Wildman–Crippen MR) is 78.7 cm³/mol. The molecular weight excluding hydrogens is 299 g/mol. The Morgan fingerprint density at radius 2 is 2.05 bits per heavy atom. The van der Waals surface area contributed by atoms with Crippen LogP contribution in [0, 0.1) is 0 Å². The number of nitrogens with zero attached hydrogens (tertiary/aromatic N) is 2. The summed E-state index contributed by atoms with van der Waals surface area (Å²) >= 11 is 12.1. The Morgan fingerprint density at radius 3 is 2.60 bits per heavy atom. The lowest BCUT2D eigenvalue weighted by molar-refractivity contribution is -0.140. The maximum absolute atomic E-state index is 11.4. The van der Waals surface area contributed by atoms with Crippen LogP contribution in [0.15, 0.2) is 12.1 Å². The van der Waals surface area contributed by atoms with E-state index < -0.39 is 12.0 Å². The highest BCUT2D eigenvalue weighted by molar-refractivity contribution is 6.42. The maximum Gasteiger partial charge on any atom is 0.326 e. The van der Waals surface area contributed by atoms with Crippen LogP contribution < -0.4 is 0 Å². The first-order chi connectivity index (χ1) is 9.49. The van der Waals surface area contributed by atoms with Gasteiger partial charge >= 0.3 is 5.97 Å². The lowest BCUT2D eigenvalue weighted by Crippen LogP contribution is -2.22. The quantitative estimate of drug-likeness (QED) is 0.921. The molecule has 1 fully saturated rings. The summed E-state index contributed by atoms with van der Waals surface area (Å²) < 4.78 is 1.78. The molecule has 1 N–H and O–H groups in total. The Kier molecular flexibility index (Phi) is 3.38. The van der Waals surface area contributed by atoms with Crippen LogP contribution in [0.3, 0.4) is 0 Å². The number of hydrogen-bond donors (Lipinski definition) is 1. The van der Waals surface area contributed by atoms with Gasteiger partial charge in [-0.2, -0.15) is 0 Å². The van der Waals surface area contributed by atoms with Crippen molar-refractivity contribution in [1.82, 2.24) is 9.55 Å². The minimum absolute atomic E-state index is 0.335. The molecule has 1 atom stereocenters. The molecule has 3 rings (SSSR count). The van der Waals surface area contributed by atoms with E-state index in [1.54, 1.807) is 23.6 Å². The van der Waals surface area contributed by atoms with Gasteiger partial charge in [0, 0.05) is 5.92 Å². The van der Waals surface area contributed by atoms with Crippen LogP contribution in [0.25, 0.3) is 11.0 Å². The van der Waals surface area contributed by atoms with E-state index in [2.05, 4.69) is 4.98 Å². The summed E-state index contributed by atoms with van der Waals surface area (Å²) in [5.41, 5.74) is 1.44. The fourth-order valence-corrected chi connectivity index (χ4v) is 2.90. The number of carboxylic acid groups (broad SMARTS) is 1. The molecule has 1 aliphatic rings. The first-order valence-corrected chi connectivity index (χ1v) is 7.34. The second kappa shape index (κ2) is 4.93. The molecule has 20 heavy (non-hydrogen) atoms. The molecule has 0 saturated heterocycles. The fraction of sp³-hybridized carbons (Fsp3) is 0.429. The van der Waals surface area contributed by atoms with E-state index in [0.717, 1.165) is 30.6 Å². The van der Waals surface area contributed by atoms with Crippen molar-refractivity contribution < 1.29 is 9.90 Å². The zero-order valence-corrected chi connectivity index (χ0v) is 12.4. The smallest absolute Gasteiger partial charge is 0.326 e. The highest BCUT2D eigenvalue weighted by Gasteiger charge is 2.29. The lowest BCUT2D eigenvalue weighted by atomic mass is 9.84. The molecule has 2 aromatic rings. The second-order valence-corrected chi connectivity index (χ2v) is 6.05. The zero-order chi connectivity index (χ0) is 14.4. The van der Waals surface area contributed by atoms with E-state index in [4.69, 9.17) is 23.2 Å². The molecular formula is C14H14Cl2N2O2. The predicted octanol–water partition coefficient (Wildman–Crippen LogP) is 4.26. The molecule has 1 unspecified atom stereocenters. The number of imidazole rings is 1. The number of halogens is 2. The Labute approximate surface area is 126 Å². The van der Waals surface area contributed by atoms with Crippen molar-refractivity contribution >= 4 is 40.2 Å². The number of carbonyl (C=O) groups is 1. The minimum atomic E-state index is -0.879. The number of benzene rings is 1. The standard InChI is InChI=1S/C14H14Cl2N2O2/c1-7(14(19)20)18-12-6-10(16)9(15)5-11(12)17-13(18)8-3-2-4-8/h5-8H,2-4H2,1H3,(H,19,20). The van der Waals surface area contributed by atoms with E-state index in [1.165, 1.54) is 0 Å². The van der Waals surface area contributed by atoms with Gasteiger partial charge in [-0.05, 0) is 31.9 Å². The summed E-state index contributed by atoms with van der Waals surface area (Å²) in [6.45, 7) is 1.66. The molecule has 4 nitrogen and oxygen atoms in total. The van der Waals surface area contributed by atoms with E-state index >= 15 is 0 Å². The SMILES string of the molecule is CC(C(=O)O)n1c(C2CCC2)nc2cc(Cl)c(Cl)cc21. The summed E-state index contributed by atoms with van der Waals surface area (Å²) in [6, 6.07) is 2.73. The van der Waals surface area contributed by atoms with Crippen LogP contribution in [0.4, 0.5) is 0 Å². The maximum atomic E-state index is 11.4.